The molecule has 2 saturated heterocycles. The summed E-state index contributed by atoms with van der Waals surface area (Å²) in [7, 11) is 0. The second-order valence-corrected chi connectivity index (χ2v) is 8.56. The maximum atomic E-state index is 13.7. The highest BCUT2D eigenvalue weighted by Gasteiger charge is 2.45. The van der Waals surface area contributed by atoms with Gasteiger partial charge in [0.15, 0.2) is 0 Å². The van der Waals surface area contributed by atoms with E-state index in [2.05, 4.69) is 5.32 Å². The number of amides is 2. The van der Waals surface area contributed by atoms with Gasteiger partial charge in [-0.2, -0.15) is 0 Å². The highest BCUT2D eigenvalue weighted by atomic mass is 35.5. The van der Waals surface area contributed by atoms with Crippen LogP contribution in [0.25, 0.3) is 0 Å². The maximum absolute atomic E-state index is 13.7. The van der Waals surface area contributed by atoms with Gasteiger partial charge < -0.3 is 15.0 Å². The Labute approximate surface area is 182 Å². The lowest BCUT2D eigenvalue weighted by Gasteiger charge is -2.42. The Bertz CT molecular complexity index is 888. The Morgan fingerprint density at radius 3 is 2.37 bits per heavy atom. The molecule has 4 rings (SSSR count). The molecule has 0 bridgehead atoms. The number of nitrogens with zero attached hydrogens (tertiary/aromatic N) is 1. The normalized spacial score (nSPS) is 19.3. The molecule has 0 unspecified atom stereocenters. The lowest BCUT2D eigenvalue weighted by atomic mass is 9.72. The largest absolute Gasteiger partial charge is 0.381 e. The second kappa shape index (κ2) is 9.19. The van der Waals surface area contributed by atoms with Crippen molar-refractivity contribution in [3.63, 3.8) is 0 Å². The summed E-state index contributed by atoms with van der Waals surface area (Å²) in [5.41, 5.74) is 1.18. The zero-order chi connectivity index (χ0) is 21.0. The van der Waals surface area contributed by atoms with Gasteiger partial charge in [-0.05, 0) is 55.5 Å². The molecule has 0 aliphatic carbocycles. The van der Waals surface area contributed by atoms with Crippen LogP contribution in [-0.2, 0) is 19.7 Å². The van der Waals surface area contributed by atoms with Crippen molar-refractivity contribution >= 4 is 29.1 Å². The van der Waals surface area contributed by atoms with E-state index in [9.17, 15) is 9.59 Å². The summed E-state index contributed by atoms with van der Waals surface area (Å²) in [6.45, 7) is 2.31. The van der Waals surface area contributed by atoms with Crippen LogP contribution in [-0.4, -0.2) is 43.0 Å². The zero-order valence-electron chi connectivity index (χ0n) is 17.0. The molecular weight excluding hydrogens is 400 g/mol. The minimum absolute atomic E-state index is 0.0314. The lowest BCUT2D eigenvalue weighted by molar-refractivity contribution is -0.143. The van der Waals surface area contributed by atoms with Crippen LogP contribution in [0, 0.1) is 5.92 Å². The molecule has 30 heavy (non-hydrogen) atoms. The van der Waals surface area contributed by atoms with Gasteiger partial charge in [-0.15, -0.1) is 0 Å². The van der Waals surface area contributed by atoms with E-state index >= 15 is 0 Å². The lowest BCUT2D eigenvalue weighted by Crippen LogP contribution is -2.52. The first kappa shape index (κ1) is 20.9. The fraction of sp³-hybridized carbons (Fsp3) is 0.417. The van der Waals surface area contributed by atoms with E-state index in [1.165, 1.54) is 0 Å². The summed E-state index contributed by atoms with van der Waals surface area (Å²) < 4.78 is 5.56. The van der Waals surface area contributed by atoms with Gasteiger partial charge in [-0.25, -0.2) is 0 Å². The molecule has 2 amide bonds. The van der Waals surface area contributed by atoms with Gasteiger partial charge in [-0.3, -0.25) is 9.59 Å². The molecule has 2 heterocycles. The number of halogens is 1. The standard InChI is InChI=1S/C24H27ClN2O3/c25-20-6-4-5-19(17-20)24(11-15-30-16-12-24)23(29)27-13-9-18(10-14-27)22(28)26-21-7-2-1-3-8-21/h1-8,17-18H,9-16H2,(H,26,28). The molecule has 0 saturated carbocycles. The first-order chi connectivity index (χ1) is 14.6. The summed E-state index contributed by atoms with van der Waals surface area (Å²) in [5.74, 6) is 0.0879. The van der Waals surface area contributed by atoms with Crippen LogP contribution in [0.5, 0.6) is 0 Å². The summed E-state index contributed by atoms with van der Waals surface area (Å²) in [6, 6.07) is 17.1. The van der Waals surface area contributed by atoms with Gasteiger partial charge in [0, 0.05) is 42.9 Å². The van der Waals surface area contributed by atoms with E-state index in [4.69, 9.17) is 16.3 Å². The number of ether oxygens (including phenoxy) is 1. The Morgan fingerprint density at radius 2 is 1.70 bits per heavy atom. The van der Waals surface area contributed by atoms with Gasteiger partial charge in [0.05, 0.1) is 5.41 Å². The van der Waals surface area contributed by atoms with E-state index in [0.717, 1.165) is 11.3 Å². The number of para-hydroxylation sites is 1. The fourth-order valence-electron chi connectivity index (χ4n) is 4.55. The van der Waals surface area contributed by atoms with Gasteiger partial charge in [0.25, 0.3) is 0 Å². The summed E-state index contributed by atoms with van der Waals surface area (Å²) >= 11 is 6.24. The van der Waals surface area contributed by atoms with Crippen LogP contribution < -0.4 is 5.32 Å². The maximum Gasteiger partial charge on any atom is 0.233 e. The van der Waals surface area contributed by atoms with Crippen molar-refractivity contribution < 1.29 is 14.3 Å². The molecule has 6 heteroatoms. The van der Waals surface area contributed by atoms with Crippen LogP contribution in [0.1, 0.15) is 31.2 Å². The number of hydrogen-bond acceptors (Lipinski definition) is 3. The quantitative estimate of drug-likeness (QED) is 0.794. The fourth-order valence-corrected chi connectivity index (χ4v) is 4.74. The Balaban J connectivity index is 1.44. The van der Waals surface area contributed by atoms with Gasteiger partial charge in [-0.1, -0.05) is 41.9 Å². The number of rotatable bonds is 4. The number of benzene rings is 2. The highest BCUT2D eigenvalue weighted by molar-refractivity contribution is 6.30. The molecule has 5 nitrogen and oxygen atoms in total. The van der Waals surface area contributed by atoms with Crippen LogP contribution in [0.2, 0.25) is 5.02 Å². The third-order valence-electron chi connectivity index (χ3n) is 6.33. The monoisotopic (exact) mass is 426 g/mol. The summed E-state index contributed by atoms with van der Waals surface area (Å²) in [4.78, 5) is 28.2. The van der Waals surface area contributed by atoms with Gasteiger partial charge >= 0.3 is 0 Å². The van der Waals surface area contributed by atoms with E-state index in [0.29, 0.717) is 57.0 Å². The zero-order valence-corrected chi connectivity index (χ0v) is 17.7. The van der Waals surface area contributed by atoms with Crippen molar-refractivity contribution in [1.82, 2.24) is 4.90 Å². The molecule has 0 atom stereocenters. The third kappa shape index (κ3) is 4.37. The summed E-state index contributed by atoms with van der Waals surface area (Å²) in [6.07, 6.45) is 2.65. The van der Waals surface area contributed by atoms with Crippen LogP contribution >= 0.6 is 11.6 Å². The van der Waals surface area contributed by atoms with E-state index < -0.39 is 5.41 Å². The predicted molar refractivity (Wildman–Crippen MR) is 118 cm³/mol. The Hall–Kier alpha value is -2.37. The Morgan fingerprint density at radius 1 is 1.00 bits per heavy atom. The number of piperidine rings is 1. The number of likely N-dealkylation sites (tertiary alicyclic amines) is 1. The van der Waals surface area contributed by atoms with Crippen LogP contribution in [0.4, 0.5) is 5.69 Å². The minimum Gasteiger partial charge on any atom is -0.381 e. The van der Waals surface area contributed by atoms with E-state index in [1.807, 2.05) is 59.5 Å². The molecular formula is C24H27ClN2O3. The van der Waals surface area contributed by atoms with Gasteiger partial charge in [0.2, 0.25) is 11.8 Å². The molecule has 0 radical (unpaired) electrons. The van der Waals surface area contributed by atoms with E-state index in [1.54, 1.807) is 0 Å². The number of hydrogen-bond donors (Lipinski definition) is 1. The summed E-state index contributed by atoms with van der Waals surface area (Å²) in [5, 5.41) is 3.63. The molecule has 0 aromatic heterocycles. The predicted octanol–water partition coefficient (Wildman–Crippen LogP) is 4.27. The van der Waals surface area contributed by atoms with Crippen LogP contribution in [0.15, 0.2) is 54.6 Å². The topological polar surface area (TPSA) is 58.6 Å². The van der Waals surface area contributed by atoms with Crippen molar-refractivity contribution in [3.05, 3.63) is 65.2 Å². The van der Waals surface area contributed by atoms with E-state index in [-0.39, 0.29) is 17.7 Å². The number of carbonyl (C=O) groups excluding carboxylic acids is 2. The second-order valence-electron chi connectivity index (χ2n) is 8.13. The Kier molecular flexibility index (Phi) is 6.40. The molecule has 0 spiro atoms. The third-order valence-corrected chi connectivity index (χ3v) is 6.56. The molecule has 158 valence electrons. The molecule has 2 aromatic rings. The smallest absolute Gasteiger partial charge is 0.233 e. The first-order valence-corrected chi connectivity index (χ1v) is 11.0. The average Bonchev–Trinajstić information content (AvgIpc) is 2.80. The SMILES string of the molecule is O=C(Nc1ccccc1)C1CCN(C(=O)C2(c3cccc(Cl)c3)CCOCC2)CC1. The van der Waals surface area contributed by atoms with Crippen molar-refractivity contribution in [2.75, 3.05) is 31.6 Å². The number of carbonyl (C=O) groups is 2. The molecule has 2 aliphatic rings. The first-order valence-electron chi connectivity index (χ1n) is 10.6. The minimum atomic E-state index is -0.595. The van der Waals surface area contributed by atoms with Crippen molar-refractivity contribution in [1.29, 1.82) is 0 Å². The molecule has 2 fully saturated rings. The van der Waals surface area contributed by atoms with Crippen LogP contribution in [0.3, 0.4) is 0 Å². The highest BCUT2D eigenvalue weighted by Crippen LogP contribution is 2.38. The molecule has 1 N–H and O–H groups in total. The van der Waals surface area contributed by atoms with Gasteiger partial charge in [0.1, 0.15) is 0 Å². The van der Waals surface area contributed by atoms with Crippen molar-refractivity contribution in [2.45, 2.75) is 31.1 Å². The molecule has 2 aromatic carbocycles. The van der Waals surface area contributed by atoms with Crippen molar-refractivity contribution in [3.8, 4) is 0 Å². The van der Waals surface area contributed by atoms with Crippen molar-refractivity contribution in [2.24, 2.45) is 5.92 Å². The average molecular weight is 427 g/mol. The number of anilines is 1. The molecule has 2 aliphatic heterocycles. The number of nitrogens with one attached hydrogen (secondary N) is 1.